The van der Waals surface area contributed by atoms with Crippen molar-refractivity contribution >= 4 is 30.0 Å². The van der Waals surface area contributed by atoms with Crippen molar-refractivity contribution in [3.8, 4) is 0 Å². The highest BCUT2D eigenvalue weighted by molar-refractivity contribution is 5.91. The molecule has 33 heteroatoms. The van der Waals surface area contributed by atoms with Gasteiger partial charge in [0.1, 0.15) is 43.3 Å². The number of hydroxylamine groups is 2. The second-order valence-corrected chi connectivity index (χ2v) is 16.0. The third kappa shape index (κ3) is 31.3. The number of ether oxygens (including phenoxy) is 10. The molecule has 1 aliphatic rings. The molecule has 5 amide bonds. The number of amides is 5. The summed E-state index contributed by atoms with van der Waals surface area (Å²) in [6.07, 6.45) is -8.61. The van der Waals surface area contributed by atoms with Crippen molar-refractivity contribution in [1.82, 2.24) is 42.0 Å². The van der Waals surface area contributed by atoms with E-state index in [-0.39, 0.29) is 143 Å². The van der Waals surface area contributed by atoms with Gasteiger partial charge in [0.2, 0.25) is 36.3 Å². The third-order valence-electron chi connectivity index (χ3n) is 10.2. The summed E-state index contributed by atoms with van der Waals surface area (Å²) in [7, 11) is 2.91. The lowest BCUT2D eigenvalue weighted by Gasteiger charge is -2.28. The van der Waals surface area contributed by atoms with Crippen LogP contribution in [0.1, 0.15) is 19.8 Å². The van der Waals surface area contributed by atoms with Crippen LogP contribution in [0.2, 0.25) is 0 Å². The quantitative estimate of drug-likeness (QED) is 0.0116. The number of hydrogen-bond donors (Lipinski definition) is 15. The van der Waals surface area contributed by atoms with Crippen LogP contribution in [-0.2, 0) is 76.2 Å². The second kappa shape index (κ2) is 43.8. The van der Waals surface area contributed by atoms with Crippen molar-refractivity contribution in [2.75, 3.05) is 159 Å². The Morgan fingerprint density at radius 1 is 0.737 bits per heavy atom. The van der Waals surface area contributed by atoms with Crippen molar-refractivity contribution < 1.29 is 117 Å². The smallest absolute Gasteiger partial charge is 0.240 e. The Morgan fingerprint density at radius 2 is 1.22 bits per heavy atom. The van der Waals surface area contributed by atoms with Crippen LogP contribution in [0, 0.1) is 0 Å². The van der Waals surface area contributed by atoms with Crippen molar-refractivity contribution in [3.05, 3.63) is 11.5 Å². The summed E-state index contributed by atoms with van der Waals surface area (Å²) in [4.78, 5) is 68.5. The summed E-state index contributed by atoms with van der Waals surface area (Å²) in [6, 6.07) is -2.30. The summed E-state index contributed by atoms with van der Waals surface area (Å²) in [5, 5.41) is 92.3. The van der Waals surface area contributed by atoms with E-state index >= 15 is 0 Å². The molecule has 0 aromatic heterocycles. The van der Waals surface area contributed by atoms with Gasteiger partial charge in [-0.3, -0.25) is 34.5 Å². The van der Waals surface area contributed by atoms with Gasteiger partial charge in [-0.1, -0.05) is 0 Å². The fourth-order valence-electron chi connectivity index (χ4n) is 6.11. The SMILES string of the molecule is CN/C(=C(/O)CO)C(O)OCCOCCOCCNC(=O)CCC(N)C(=O)N(CC(=O)NCCOCCOCCOC(OC(CO)C(C)O)C(O)NC)CC(=O)NCCOCCOCCOC1ON(O)C(O)C1NC=O. The Morgan fingerprint density at radius 3 is 1.70 bits per heavy atom. The Labute approximate surface area is 440 Å². The Hall–Kier alpha value is -4.15. The molecule has 1 heterocycles. The molecule has 9 atom stereocenters. The fraction of sp³-hybridized carbons (Fsp3) is 0.837. The molecule has 444 valence electrons. The Bertz CT molecular complexity index is 1600. The Kier molecular flexibility index (Phi) is 40.3. The maximum absolute atomic E-state index is 13.5. The number of likely N-dealkylation sites (N-methyl/N-ethyl adjacent to an activating group) is 2. The molecule has 0 aliphatic carbocycles. The van der Waals surface area contributed by atoms with Crippen LogP contribution >= 0.6 is 0 Å². The first-order valence-corrected chi connectivity index (χ1v) is 24.4. The summed E-state index contributed by atoms with van der Waals surface area (Å²) in [5.41, 5.74) is 6.08. The monoisotopic (exact) mass is 1110 g/mol. The van der Waals surface area contributed by atoms with Crippen LogP contribution < -0.4 is 37.6 Å². The van der Waals surface area contributed by atoms with Crippen molar-refractivity contribution in [2.45, 2.75) is 75.4 Å². The average Bonchev–Trinajstić information content (AvgIpc) is 3.67. The topological polar surface area (TPSA) is 453 Å². The number of nitrogens with zero attached hydrogens (tertiary/aromatic N) is 2. The highest BCUT2D eigenvalue weighted by atomic mass is 16.9. The lowest BCUT2D eigenvalue weighted by Crippen LogP contribution is -2.51. The number of carbonyl (C=O) groups excluding carboxylic acids is 5. The van der Waals surface area contributed by atoms with Crippen LogP contribution in [0.5, 0.6) is 0 Å². The summed E-state index contributed by atoms with van der Waals surface area (Å²) < 4.78 is 54.0. The molecule has 76 heavy (non-hydrogen) atoms. The van der Waals surface area contributed by atoms with Crippen LogP contribution in [0.3, 0.4) is 0 Å². The maximum atomic E-state index is 13.5. The molecule has 16 N–H and O–H groups in total. The molecular weight excluding hydrogens is 1030 g/mol. The summed E-state index contributed by atoms with van der Waals surface area (Å²) in [6.45, 7) is 0.591. The van der Waals surface area contributed by atoms with E-state index in [0.717, 1.165) is 4.90 Å². The number of nitrogens with two attached hydrogens (primary N) is 1. The molecule has 9 unspecified atom stereocenters. The minimum atomic E-state index is -1.53. The van der Waals surface area contributed by atoms with Crippen LogP contribution in [0.15, 0.2) is 11.5 Å². The van der Waals surface area contributed by atoms with Gasteiger partial charge >= 0.3 is 0 Å². The zero-order valence-corrected chi connectivity index (χ0v) is 43.3. The largest absolute Gasteiger partial charge is 0.508 e. The third-order valence-corrected chi connectivity index (χ3v) is 10.2. The molecule has 0 saturated carbocycles. The molecule has 0 aromatic carbocycles. The minimum Gasteiger partial charge on any atom is -0.508 e. The first-order chi connectivity index (χ1) is 36.5. The van der Waals surface area contributed by atoms with E-state index in [9.17, 15) is 59.8 Å². The molecule has 33 nitrogen and oxygen atoms in total. The van der Waals surface area contributed by atoms with E-state index in [1.54, 1.807) is 0 Å². The molecule has 0 aromatic rings. The molecule has 0 bridgehead atoms. The van der Waals surface area contributed by atoms with Gasteiger partial charge in [-0.05, 0) is 25.6 Å². The molecular formula is C43H83N9O24. The lowest BCUT2D eigenvalue weighted by atomic mass is 10.1. The van der Waals surface area contributed by atoms with E-state index < -0.39 is 111 Å². The van der Waals surface area contributed by atoms with Gasteiger partial charge in [-0.15, -0.1) is 0 Å². The maximum Gasteiger partial charge on any atom is 0.240 e. The highest BCUT2D eigenvalue weighted by Gasteiger charge is 2.43. The van der Waals surface area contributed by atoms with E-state index in [1.807, 2.05) is 0 Å². The van der Waals surface area contributed by atoms with Gasteiger partial charge < -0.3 is 120 Å². The number of aliphatic hydroxyl groups is 7. The molecule has 1 saturated heterocycles. The first kappa shape index (κ1) is 69.9. The van der Waals surface area contributed by atoms with Crippen molar-refractivity contribution in [1.29, 1.82) is 0 Å². The van der Waals surface area contributed by atoms with Gasteiger partial charge in [0, 0.05) is 33.1 Å². The van der Waals surface area contributed by atoms with Gasteiger partial charge in [0.15, 0.2) is 25.0 Å². The van der Waals surface area contributed by atoms with Gasteiger partial charge in [0.25, 0.3) is 0 Å². The first-order valence-electron chi connectivity index (χ1n) is 24.4. The molecule has 1 rings (SSSR count). The normalized spacial score (nSPS) is 18.4. The number of hydrogen-bond acceptors (Lipinski definition) is 28. The zero-order chi connectivity index (χ0) is 56.5. The zero-order valence-electron chi connectivity index (χ0n) is 43.3. The standard InChI is InChI=1S/C43H83N9O24/c1-29(56)32(27-54)75-43(38(61)46-3)74-23-20-71-17-14-68-11-8-49-35(60)25-51(24-34(59)48-7-10-67-13-16-70-19-22-73-42-37(50-28-55)40(63)52(65)76-42)39(62)30(44)4-5-33(58)47-6-9-66-12-15-69-18-21-72-41(64)36(45-2)31(57)26-53/h28-30,32,37-38,40-43,45-46,53-54,56-57,61,63-65H,4-27,44H2,1-3H3,(H,47,58)(H,48,59)(H,49,60)(H,50,55)/b36-31+. The number of nitrogens with one attached hydrogen (secondary N) is 6. The van der Waals surface area contributed by atoms with E-state index in [1.165, 1.54) is 21.0 Å². The average molecular weight is 1110 g/mol. The second-order valence-electron chi connectivity index (χ2n) is 16.0. The van der Waals surface area contributed by atoms with E-state index in [0.29, 0.717) is 6.41 Å². The molecule has 0 spiro atoms. The highest BCUT2D eigenvalue weighted by Crippen LogP contribution is 2.18. The number of aliphatic hydroxyl groups excluding tert-OH is 7. The van der Waals surface area contributed by atoms with Gasteiger partial charge in [0.05, 0.1) is 118 Å². The summed E-state index contributed by atoms with van der Waals surface area (Å²) >= 11 is 0. The van der Waals surface area contributed by atoms with Crippen molar-refractivity contribution in [3.63, 3.8) is 0 Å². The Balaban J connectivity index is 2.53. The van der Waals surface area contributed by atoms with Crippen LogP contribution in [0.25, 0.3) is 0 Å². The van der Waals surface area contributed by atoms with Gasteiger partial charge in [-0.25, -0.2) is 4.84 Å². The molecule has 1 aliphatic heterocycles. The van der Waals surface area contributed by atoms with Crippen molar-refractivity contribution in [2.24, 2.45) is 5.73 Å². The molecule has 1 fully saturated rings. The van der Waals surface area contributed by atoms with E-state index in [2.05, 4.69) is 31.9 Å². The number of carbonyl (C=O) groups is 5. The lowest BCUT2D eigenvalue weighted by molar-refractivity contribution is -0.391. The van der Waals surface area contributed by atoms with Crippen LogP contribution in [-0.4, -0.2) is 296 Å². The predicted molar refractivity (Wildman–Crippen MR) is 257 cm³/mol. The van der Waals surface area contributed by atoms with Gasteiger partial charge in [-0.2, -0.15) is 0 Å². The minimum absolute atomic E-state index is 0.00703. The molecule has 0 radical (unpaired) electrons. The van der Waals surface area contributed by atoms with Crippen LogP contribution in [0.4, 0.5) is 0 Å². The predicted octanol–water partition coefficient (Wildman–Crippen LogP) is -8.26. The summed E-state index contributed by atoms with van der Waals surface area (Å²) in [5.74, 6) is -2.94. The van der Waals surface area contributed by atoms with E-state index in [4.69, 9.17) is 63.0 Å². The fourth-order valence-corrected chi connectivity index (χ4v) is 6.11. The number of rotatable bonds is 49.